The van der Waals surface area contributed by atoms with Gasteiger partial charge in [-0.1, -0.05) is 30.7 Å². The molecular weight excluding hydrogens is 436 g/mol. The quantitative estimate of drug-likeness (QED) is 0.361. The Labute approximate surface area is 184 Å². The molecule has 4 rings (SSSR count). The van der Waals surface area contributed by atoms with E-state index in [2.05, 4.69) is 11.6 Å². The summed E-state index contributed by atoms with van der Waals surface area (Å²) in [6, 6.07) is 13.6. The molecule has 0 aliphatic carbocycles. The first-order valence-electron chi connectivity index (χ1n) is 9.75. The summed E-state index contributed by atoms with van der Waals surface area (Å²) in [6.45, 7) is 5.48. The number of H-pyrrole nitrogens is 1. The van der Waals surface area contributed by atoms with E-state index in [1.165, 1.54) is 6.08 Å². The van der Waals surface area contributed by atoms with E-state index in [9.17, 15) is 18.3 Å². The predicted octanol–water partition coefficient (Wildman–Crippen LogP) is 5.46. The van der Waals surface area contributed by atoms with Crippen LogP contribution in [0.3, 0.4) is 0 Å². The van der Waals surface area contributed by atoms with Gasteiger partial charge in [-0.25, -0.2) is 12.4 Å². The van der Waals surface area contributed by atoms with Crippen LogP contribution >= 0.6 is 11.6 Å². The van der Waals surface area contributed by atoms with Crippen molar-refractivity contribution < 1.29 is 18.3 Å². The van der Waals surface area contributed by atoms with Crippen LogP contribution in [-0.2, 0) is 14.8 Å². The van der Waals surface area contributed by atoms with E-state index < -0.39 is 27.2 Å². The van der Waals surface area contributed by atoms with Crippen molar-refractivity contribution in [2.75, 3.05) is 0 Å². The van der Waals surface area contributed by atoms with E-state index in [4.69, 9.17) is 11.6 Å². The Hall–Kier alpha value is -3.03. The number of nitrogens with zero attached hydrogens (tertiary/aromatic N) is 1. The predicted molar refractivity (Wildman–Crippen MR) is 123 cm³/mol. The topological polar surface area (TPSA) is 92.2 Å². The largest absolute Gasteiger partial charge is 0.481 e. The van der Waals surface area contributed by atoms with Crippen molar-refractivity contribution >= 4 is 49.4 Å². The molecule has 6 nitrogen and oxygen atoms in total. The number of rotatable bonds is 7. The fourth-order valence-electron chi connectivity index (χ4n) is 4.01. The van der Waals surface area contributed by atoms with Gasteiger partial charge in [0.1, 0.15) is 5.25 Å². The van der Waals surface area contributed by atoms with Gasteiger partial charge in [0.15, 0.2) is 0 Å². The molecule has 0 amide bonds. The molecule has 8 heteroatoms. The van der Waals surface area contributed by atoms with E-state index in [0.717, 1.165) is 14.9 Å². The van der Waals surface area contributed by atoms with Gasteiger partial charge in [0, 0.05) is 27.8 Å². The summed E-state index contributed by atoms with van der Waals surface area (Å²) in [6.07, 6.45) is 3.39. The Morgan fingerprint density at radius 3 is 2.65 bits per heavy atom. The van der Waals surface area contributed by atoms with Gasteiger partial charge in [-0.3, -0.25) is 4.79 Å². The van der Waals surface area contributed by atoms with Gasteiger partial charge in [0.25, 0.3) is 0 Å². The van der Waals surface area contributed by atoms with E-state index in [-0.39, 0.29) is 12.1 Å². The first-order chi connectivity index (χ1) is 14.8. The Morgan fingerprint density at radius 1 is 1.19 bits per heavy atom. The first kappa shape index (κ1) is 21.2. The number of fused-ring (bicyclic) bond motifs is 2. The maximum absolute atomic E-state index is 13.9. The third-order valence-corrected chi connectivity index (χ3v) is 7.76. The molecule has 0 fully saturated rings. The number of aromatic nitrogens is 2. The number of benzene rings is 2. The summed E-state index contributed by atoms with van der Waals surface area (Å²) in [5.74, 6) is -2.07. The number of hydrogen-bond donors (Lipinski definition) is 2. The maximum atomic E-state index is 13.9. The zero-order chi connectivity index (χ0) is 22.3. The molecule has 160 valence electrons. The lowest BCUT2D eigenvalue weighted by Crippen LogP contribution is -2.25. The summed E-state index contributed by atoms with van der Waals surface area (Å²) < 4.78 is 29.0. The summed E-state index contributed by atoms with van der Waals surface area (Å²) in [5.41, 5.74) is 2.02. The van der Waals surface area contributed by atoms with Crippen molar-refractivity contribution in [3.05, 3.63) is 83.7 Å². The van der Waals surface area contributed by atoms with Gasteiger partial charge in [-0.15, -0.1) is 6.58 Å². The third-order valence-electron chi connectivity index (χ3n) is 5.50. The van der Waals surface area contributed by atoms with Crippen molar-refractivity contribution in [3.63, 3.8) is 0 Å². The van der Waals surface area contributed by atoms with Crippen LogP contribution in [0.5, 0.6) is 0 Å². The standard InChI is InChI=1S/C23H21ClN2O4S/c1-3-18(23(27)28)21-13-16-12-17(24)6-8-20(16)26(21)31(29,30)22(4-2)15-5-7-19-14(11-15)9-10-25-19/h4-13,18,22,25H,2-3H2,1H3,(H,27,28). The van der Waals surface area contributed by atoms with Crippen LogP contribution < -0.4 is 0 Å². The van der Waals surface area contributed by atoms with Gasteiger partial charge in [0.2, 0.25) is 10.0 Å². The second-order valence-electron chi connectivity index (χ2n) is 7.36. The summed E-state index contributed by atoms with van der Waals surface area (Å²) in [5, 5.41) is 10.6. The highest BCUT2D eigenvalue weighted by molar-refractivity contribution is 7.90. The Bertz CT molecular complexity index is 1420. The minimum Gasteiger partial charge on any atom is -0.481 e. The number of hydrogen-bond acceptors (Lipinski definition) is 3. The number of carboxylic acids is 1. The van der Waals surface area contributed by atoms with Crippen LogP contribution in [0.25, 0.3) is 21.8 Å². The minimum atomic E-state index is -4.09. The first-order valence-corrected chi connectivity index (χ1v) is 11.6. The molecule has 0 saturated heterocycles. The number of carboxylic acid groups (broad SMARTS) is 1. The number of aromatic amines is 1. The number of carbonyl (C=O) groups is 1. The molecule has 2 heterocycles. The number of halogens is 1. The molecule has 31 heavy (non-hydrogen) atoms. The summed E-state index contributed by atoms with van der Waals surface area (Å²) in [7, 11) is -4.09. The highest BCUT2D eigenvalue weighted by atomic mass is 35.5. The van der Waals surface area contributed by atoms with Gasteiger partial charge in [-0.05, 0) is 59.8 Å². The molecule has 2 atom stereocenters. The summed E-state index contributed by atoms with van der Waals surface area (Å²) in [4.78, 5) is 15.0. The fraction of sp³-hybridized carbons (Fsp3) is 0.174. The van der Waals surface area contributed by atoms with E-state index in [0.29, 0.717) is 21.5 Å². The highest BCUT2D eigenvalue weighted by Gasteiger charge is 2.33. The average Bonchev–Trinajstić information content (AvgIpc) is 3.32. The molecule has 0 bridgehead atoms. The Balaban J connectivity index is 1.98. The van der Waals surface area contributed by atoms with Crippen LogP contribution in [-0.4, -0.2) is 28.5 Å². The van der Waals surface area contributed by atoms with Crippen LogP contribution in [0.2, 0.25) is 5.02 Å². The van der Waals surface area contributed by atoms with Crippen molar-refractivity contribution in [3.8, 4) is 0 Å². The molecular formula is C23H21ClN2O4S. The average molecular weight is 457 g/mol. The second-order valence-corrected chi connectivity index (χ2v) is 9.70. The molecule has 4 aromatic rings. The Kier molecular flexibility index (Phi) is 5.41. The second kappa shape index (κ2) is 7.90. The lowest BCUT2D eigenvalue weighted by atomic mass is 10.0. The van der Waals surface area contributed by atoms with Crippen molar-refractivity contribution in [1.82, 2.24) is 8.96 Å². The molecule has 2 aromatic carbocycles. The van der Waals surface area contributed by atoms with Gasteiger partial charge in [-0.2, -0.15) is 0 Å². The van der Waals surface area contributed by atoms with Gasteiger partial charge in [0.05, 0.1) is 11.4 Å². The molecule has 0 radical (unpaired) electrons. The highest BCUT2D eigenvalue weighted by Crippen LogP contribution is 2.36. The Morgan fingerprint density at radius 2 is 1.97 bits per heavy atom. The normalized spacial score (nSPS) is 14.0. The molecule has 0 aliphatic heterocycles. The van der Waals surface area contributed by atoms with Crippen LogP contribution in [0, 0.1) is 0 Å². The smallest absolute Gasteiger partial charge is 0.312 e. The SMILES string of the molecule is C=CC(c1ccc2[nH]ccc2c1)S(=O)(=O)n1c(C(CC)C(=O)O)cc2cc(Cl)ccc21. The zero-order valence-corrected chi connectivity index (χ0v) is 18.3. The van der Waals surface area contributed by atoms with Crippen LogP contribution in [0.1, 0.15) is 35.8 Å². The zero-order valence-electron chi connectivity index (χ0n) is 16.7. The van der Waals surface area contributed by atoms with Crippen molar-refractivity contribution in [2.45, 2.75) is 24.5 Å². The fourth-order valence-corrected chi connectivity index (χ4v) is 6.07. The van der Waals surface area contributed by atoms with E-state index in [1.54, 1.807) is 49.5 Å². The monoisotopic (exact) mass is 456 g/mol. The molecule has 2 aromatic heterocycles. The molecule has 2 N–H and O–H groups in total. The van der Waals surface area contributed by atoms with Gasteiger partial charge >= 0.3 is 5.97 Å². The van der Waals surface area contributed by atoms with Crippen molar-refractivity contribution in [2.24, 2.45) is 0 Å². The molecule has 0 saturated carbocycles. The van der Waals surface area contributed by atoms with Gasteiger partial charge < -0.3 is 10.1 Å². The third kappa shape index (κ3) is 3.54. The lowest BCUT2D eigenvalue weighted by molar-refractivity contribution is -0.138. The van der Waals surface area contributed by atoms with E-state index >= 15 is 0 Å². The summed E-state index contributed by atoms with van der Waals surface area (Å²) >= 11 is 6.11. The minimum absolute atomic E-state index is 0.196. The van der Waals surface area contributed by atoms with Crippen LogP contribution in [0.15, 0.2) is 67.4 Å². The maximum Gasteiger partial charge on any atom is 0.312 e. The lowest BCUT2D eigenvalue weighted by Gasteiger charge is -2.21. The molecule has 0 aliphatic rings. The van der Waals surface area contributed by atoms with Crippen LogP contribution in [0.4, 0.5) is 0 Å². The number of aliphatic carboxylic acids is 1. The van der Waals surface area contributed by atoms with Crippen molar-refractivity contribution in [1.29, 1.82) is 0 Å². The number of nitrogens with one attached hydrogen (secondary N) is 1. The molecule has 2 unspecified atom stereocenters. The molecule has 0 spiro atoms. The van der Waals surface area contributed by atoms with E-state index in [1.807, 2.05) is 12.1 Å².